The minimum atomic E-state index is 0.0545. The van der Waals surface area contributed by atoms with Crippen LogP contribution in [0.2, 0.25) is 0 Å². The third-order valence-corrected chi connectivity index (χ3v) is 4.40. The SMILES string of the molecule is CCCC(=O)Nc1ccc2c(c1)Cc1cc(NC(=O)CCC)ccc1-2. The Hall–Kier alpha value is -2.62. The number of amides is 2. The lowest BCUT2D eigenvalue weighted by molar-refractivity contribution is -0.117. The van der Waals surface area contributed by atoms with Crippen molar-refractivity contribution in [2.75, 3.05) is 10.6 Å². The van der Waals surface area contributed by atoms with Crippen molar-refractivity contribution in [2.45, 2.75) is 46.0 Å². The van der Waals surface area contributed by atoms with Gasteiger partial charge in [0.25, 0.3) is 0 Å². The second kappa shape index (κ2) is 7.51. The molecule has 25 heavy (non-hydrogen) atoms. The van der Waals surface area contributed by atoms with Crippen LogP contribution in [0, 0.1) is 0 Å². The van der Waals surface area contributed by atoms with Gasteiger partial charge < -0.3 is 10.6 Å². The molecule has 1 aliphatic rings. The third-order valence-electron chi connectivity index (χ3n) is 4.40. The van der Waals surface area contributed by atoms with Crippen molar-refractivity contribution in [1.82, 2.24) is 0 Å². The number of hydrogen-bond acceptors (Lipinski definition) is 2. The Labute approximate surface area is 148 Å². The number of carbonyl (C=O) groups excluding carboxylic acids is 2. The minimum Gasteiger partial charge on any atom is -0.326 e. The first-order chi connectivity index (χ1) is 12.1. The Balaban J connectivity index is 1.77. The van der Waals surface area contributed by atoms with Gasteiger partial charge in [-0.3, -0.25) is 9.59 Å². The van der Waals surface area contributed by atoms with Gasteiger partial charge in [0, 0.05) is 24.2 Å². The fraction of sp³-hybridized carbons (Fsp3) is 0.333. The number of fused-ring (bicyclic) bond motifs is 3. The zero-order valence-electron chi connectivity index (χ0n) is 14.8. The lowest BCUT2D eigenvalue weighted by atomic mass is 10.0. The molecule has 0 aliphatic heterocycles. The summed E-state index contributed by atoms with van der Waals surface area (Å²) in [4.78, 5) is 23.6. The van der Waals surface area contributed by atoms with Gasteiger partial charge >= 0.3 is 0 Å². The van der Waals surface area contributed by atoms with Crippen LogP contribution in [0.1, 0.15) is 50.7 Å². The summed E-state index contributed by atoms with van der Waals surface area (Å²) in [7, 11) is 0. The Morgan fingerprint density at radius 3 is 1.64 bits per heavy atom. The molecule has 0 saturated carbocycles. The maximum absolute atomic E-state index is 11.8. The van der Waals surface area contributed by atoms with Crippen molar-refractivity contribution in [3.63, 3.8) is 0 Å². The molecule has 2 aromatic carbocycles. The number of hydrogen-bond donors (Lipinski definition) is 2. The molecule has 0 spiro atoms. The van der Waals surface area contributed by atoms with E-state index in [9.17, 15) is 9.59 Å². The summed E-state index contributed by atoms with van der Waals surface area (Å²) < 4.78 is 0. The van der Waals surface area contributed by atoms with Crippen LogP contribution in [0.15, 0.2) is 36.4 Å². The van der Waals surface area contributed by atoms with Crippen molar-refractivity contribution >= 4 is 23.2 Å². The van der Waals surface area contributed by atoms with Crippen molar-refractivity contribution in [2.24, 2.45) is 0 Å². The molecule has 1 aliphatic carbocycles. The van der Waals surface area contributed by atoms with E-state index in [0.717, 1.165) is 30.6 Å². The zero-order valence-corrected chi connectivity index (χ0v) is 14.8. The molecule has 0 heterocycles. The van der Waals surface area contributed by atoms with E-state index in [1.807, 2.05) is 26.0 Å². The zero-order chi connectivity index (χ0) is 17.8. The van der Waals surface area contributed by atoms with Crippen molar-refractivity contribution in [3.8, 4) is 11.1 Å². The molecule has 0 unspecified atom stereocenters. The fourth-order valence-corrected chi connectivity index (χ4v) is 3.27. The van der Waals surface area contributed by atoms with Gasteiger partial charge in [0.1, 0.15) is 0 Å². The van der Waals surface area contributed by atoms with Crippen LogP contribution in [0.5, 0.6) is 0 Å². The van der Waals surface area contributed by atoms with E-state index in [-0.39, 0.29) is 11.8 Å². The van der Waals surface area contributed by atoms with Crippen LogP contribution < -0.4 is 10.6 Å². The lowest BCUT2D eigenvalue weighted by Gasteiger charge is -2.08. The quantitative estimate of drug-likeness (QED) is 0.683. The van der Waals surface area contributed by atoms with Gasteiger partial charge in [-0.2, -0.15) is 0 Å². The second-order valence-corrected chi connectivity index (χ2v) is 6.52. The maximum atomic E-state index is 11.8. The topological polar surface area (TPSA) is 58.2 Å². The average molecular weight is 336 g/mol. The summed E-state index contributed by atoms with van der Waals surface area (Å²) in [5.41, 5.74) is 6.52. The molecule has 3 rings (SSSR count). The Bertz CT molecular complexity index is 744. The van der Waals surface area contributed by atoms with Gasteiger partial charge in [-0.05, 0) is 65.8 Å². The smallest absolute Gasteiger partial charge is 0.224 e. The number of rotatable bonds is 6. The normalized spacial score (nSPS) is 11.6. The molecular formula is C21H24N2O2. The molecule has 2 N–H and O–H groups in total. The van der Waals surface area contributed by atoms with E-state index >= 15 is 0 Å². The van der Waals surface area contributed by atoms with E-state index in [1.165, 1.54) is 22.3 Å². The van der Waals surface area contributed by atoms with Gasteiger partial charge in [0.05, 0.1) is 0 Å². The standard InChI is InChI=1S/C21H24N2O2/c1-3-5-20(24)22-16-7-9-18-14(12-16)11-15-13-17(8-10-19(15)18)23-21(25)6-4-2/h7-10,12-13H,3-6,11H2,1-2H3,(H,22,24)(H,23,25). The highest BCUT2D eigenvalue weighted by Gasteiger charge is 2.19. The summed E-state index contributed by atoms with van der Waals surface area (Å²) in [5.74, 6) is 0.109. The largest absolute Gasteiger partial charge is 0.326 e. The second-order valence-electron chi connectivity index (χ2n) is 6.52. The predicted octanol–water partition coefficient (Wildman–Crippen LogP) is 4.74. The van der Waals surface area contributed by atoms with Crippen molar-refractivity contribution in [3.05, 3.63) is 47.5 Å². The van der Waals surface area contributed by atoms with Gasteiger partial charge in [-0.25, -0.2) is 0 Å². The highest BCUT2D eigenvalue weighted by Crippen LogP contribution is 2.39. The molecule has 130 valence electrons. The van der Waals surface area contributed by atoms with Crippen LogP contribution in [-0.2, 0) is 16.0 Å². The maximum Gasteiger partial charge on any atom is 0.224 e. The van der Waals surface area contributed by atoms with Crippen molar-refractivity contribution in [1.29, 1.82) is 0 Å². The molecular weight excluding hydrogens is 312 g/mol. The molecule has 0 atom stereocenters. The predicted molar refractivity (Wildman–Crippen MR) is 102 cm³/mol. The monoisotopic (exact) mass is 336 g/mol. The highest BCUT2D eigenvalue weighted by molar-refractivity contribution is 5.93. The summed E-state index contributed by atoms with van der Waals surface area (Å²) in [6, 6.07) is 12.2. The number of benzene rings is 2. The first kappa shape index (κ1) is 17.2. The molecule has 2 amide bonds. The average Bonchev–Trinajstić information content (AvgIpc) is 2.91. The summed E-state index contributed by atoms with van der Waals surface area (Å²) in [6.07, 6.45) is 3.58. The molecule has 4 heteroatoms. The Morgan fingerprint density at radius 1 is 0.800 bits per heavy atom. The molecule has 0 bridgehead atoms. The van der Waals surface area contributed by atoms with E-state index in [4.69, 9.17) is 0 Å². The van der Waals surface area contributed by atoms with Gasteiger partial charge in [0.15, 0.2) is 0 Å². The third kappa shape index (κ3) is 3.90. The van der Waals surface area contributed by atoms with Crippen LogP contribution >= 0.6 is 0 Å². The van der Waals surface area contributed by atoms with E-state index in [2.05, 4.69) is 34.9 Å². The van der Waals surface area contributed by atoms with Crippen molar-refractivity contribution < 1.29 is 9.59 Å². The van der Waals surface area contributed by atoms with E-state index in [1.54, 1.807) is 0 Å². The first-order valence-electron chi connectivity index (χ1n) is 8.96. The lowest BCUT2D eigenvalue weighted by Crippen LogP contribution is -2.10. The van der Waals surface area contributed by atoms with Gasteiger partial charge in [-0.15, -0.1) is 0 Å². The molecule has 0 saturated heterocycles. The molecule has 0 radical (unpaired) electrons. The summed E-state index contributed by atoms with van der Waals surface area (Å²) in [5, 5.41) is 5.91. The van der Waals surface area contributed by atoms with Crippen LogP contribution in [-0.4, -0.2) is 11.8 Å². The minimum absolute atomic E-state index is 0.0545. The van der Waals surface area contributed by atoms with Crippen LogP contribution in [0.4, 0.5) is 11.4 Å². The highest BCUT2D eigenvalue weighted by atomic mass is 16.2. The van der Waals surface area contributed by atoms with Gasteiger partial charge in [-0.1, -0.05) is 26.0 Å². The van der Waals surface area contributed by atoms with E-state index < -0.39 is 0 Å². The van der Waals surface area contributed by atoms with E-state index in [0.29, 0.717) is 12.8 Å². The first-order valence-corrected chi connectivity index (χ1v) is 8.96. The number of nitrogens with one attached hydrogen (secondary N) is 2. The summed E-state index contributed by atoms with van der Waals surface area (Å²) in [6.45, 7) is 3.99. The van der Waals surface area contributed by atoms with Gasteiger partial charge in [0.2, 0.25) is 11.8 Å². The Morgan fingerprint density at radius 2 is 1.24 bits per heavy atom. The molecule has 0 fully saturated rings. The number of anilines is 2. The van der Waals surface area contributed by atoms with Crippen LogP contribution in [0.25, 0.3) is 11.1 Å². The Kier molecular flexibility index (Phi) is 5.17. The molecule has 0 aromatic heterocycles. The number of carbonyl (C=O) groups is 2. The molecule has 4 nitrogen and oxygen atoms in total. The molecule has 2 aromatic rings. The summed E-state index contributed by atoms with van der Waals surface area (Å²) >= 11 is 0. The fourth-order valence-electron chi connectivity index (χ4n) is 3.27. The van der Waals surface area contributed by atoms with Crippen LogP contribution in [0.3, 0.4) is 0 Å².